The summed E-state index contributed by atoms with van der Waals surface area (Å²) in [6, 6.07) is 15.5. The summed E-state index contributed by atoms with van der Waals surface area (Å²) in [5, 5.41) is 6.23. The number of hydrogen-bond acceptors (Lipinski definition) is 4. The molecular formula is C21H26N2O3. The Labute approximate surface area is 154 Å². The fourth-order valence-corrected chi connectivity index (χ4v) is 2.87. The van der Waals surface area contributed by atoms with Crippen LogP contribution in [-0.4, -0.2) is 31.8 Å². The van der Waals surface area contributed by atoms with E-state index in [2.05, 4.69) is 10.6 Å². The second kappa shape index (κ2) is 9.36. The van der Waals surface area contributed by atoms with Crippen molar-refractivity contribution >= 4 is 11.6 Å². The van der Waals surface area contributed by atoms with Gasteiger partial charge in [0.2, 0.25) is 0 Å². The minimum absolute atomic E-state index is 0.00943. The zero-order chi connectivity index (χ0) is 18.2. The van der Waals surface area contributed by atoms with Crippen molar-refractivity contribution in [1.29, 1.82) is 0 Å². The van der Waals surface area contributed by atoms with Gasteiger partial charge in [-0.3, -0.25) is 4.79 Å². The molecule has 0 unspecified atom stereocenters. The Morgan fingerprint density at radius 2 is 1.92 bits per heavy atom. The second-order valence-corrected chi connectivity index (χ2v) is 6.61. The molecule has 2 aromatic rings. The second-order valence-electron chi connectivity index (χ2n) is 6.61. The Morgan fingerprint density at radius 1 is 1.15 bits per heavy atom. The molecule has 1 aliphatic rings. The number of amides is 1. The van der Waals surface area contributed by atoms with Gasteiger partial charge in [-0.1, -0.05) is 29.8 Å². The predicted octanol–water partition coefficient (Wildman–Crippen LogP) is 3.28. The molecule has 1 aliphatic heterocycles. The van der Waals surface area contributed by atoms with E-state index in [1.807, 2.05) is 55.5 Å². The lowest BCUT2D eigenvalue weighted by molar-refractivity contribution is -0.118. The van der Waals surface area contributed by atoms with Crippen LogP contribution in [0, 0.1) is 6.92 Å². The van der Waals surface area contributed by atoms with Crippen LogP contribution in [0.5, 0.6) is 5.75 Å². The van der Waals surface area contributed by atoms with Gasteiger partial charge in [-0.2, -0.15) is 0 Å². The van der Waals surface area contributed by atoms with Crippen molar-refractivity contribution in [2.75, 3.05) is 25.1 Å². The number of rotatable bonds is 8. The lowest BCUT2D eigenvalue weighted by atomic mass is 10.2. The maximum absolute atomic E-state index is 11.9. The van der Waals surface area contributed by atoms with Gasteiger partial charge in [0.1, 0.15) is 5.75 Å². The fourth-order valence-electron chi connectivity index (χ4n) is 2.87. The first kappa shape index (κ1) is 18.4. The zero-order valence-electron chi connectivity index (χ0n) is 15.2. The maximum Gasteiger partial charge on any atom is 0.262 e. The Morgan fingerprint density at radius 3 is 2.62 bits per heavy atom. The van der Waals surface area contributed by atoms with Crippen LogP contribution in [0.2, 0.25) is 0 Å². The van der Waals surface area contributed by atoms with Crippen LogP contribution in [0.15, 0.2) is 48.5 Å². The van der Waals surface area contributed by atoms with Gasteiger partial charge in [-0.05, 0) is 49.6 Å². The van der Waals surface area contributed by atoms with Crippen LogP contribution in [0.1, 0.15) is 24.0 Å². The largest absolute Gasteiger partial charge is 0.484 e. The number of ether oxygens (including phenoxy) is 2. The third-order valence-electron chi connectivity index (χ3n) is 4.35. The normalized spacial score (nSPS) is 16.4. The fraction of sp³-hybridized carbons (Fsp3) is 0.381. The average molecular weight is 354 g/mol. The molecule has 0 spiro atoms. The van der Waals surface area contributed by atoms with Crippen molar-refractivity contribution in [1.82, 2.24) is 5.32 Å². The quantitative estimate of drug-likeness (QED) is 0.764. The first-order valence-corrected chi connectivity index (χ1v) is 9.09. The summed E-state index contributed by atoms with van der Waals surface area (Å²) in [4.78, 5) is 11.9. The molecule has 2 N–H and O–H groups in total. The van der Waals surface area contributed by atoms with E-state index in [4.69, 9.17) is 9.47 Å². The third-order valence-corrected chi connectivity index (χ3v) is 4.35. The van der Waals surface area contributed by atoms with Gasteiger partial charge < -0.3 is 20.1 Å². The van der Waals surface area contributed by atoms with Crippen molar-refractivity contribution in [2.45, 2.75) is 32.4 Å². The molecule has 0 aromatic heterocycles. The summed E-state index contributed by atoms with van der Waals surface area (Å²) in [5.74, 6) is 0.517. The summed E-state index contributed by atoms with van der Waals surface area (Å²) in [6.07, 6.45) is 2.66. The number of carbonyl (C=O) groups is 1. The molecule has 1 heterocycles. The molecule has 3 rings (SSSR count). The molecule has 1 saturated heterocycles. The Kier molecular flexibility index (Phi) is 6.63. The lowest BCUT2D eigenvalue weighted by Gasteiger charge is -2.11. The van der Waals surface area contributed by atoms with Gasteiger partial charge in [-0.15, -0.1) is 0 Å². The summed E-state index contributed by atoms with van der Waals surface area (Å²) in [5.41, 5.74) is 3.11. The van der Waals surface area contributed by atoms with Crippen molar-refractivity contribution < 1.29 is 14.3 Å². The standard InChI is InChI=1S/C21H26N2O3/c1-16-4-8-18(9-5-16)23-21(24)15-26-19-10-6-17(7-11-19)13-22-14-20-3-2-12-25-20/h4-11,20,22H,2-3,12-15H2,1H3,(H,23,24)/t20-/m1/s1. The summed E-state index contributed by atoms with van der Waals surface area (Å²) in [6.45, 7) is 4.57. The minimum Gasteiger partial charge on any atom is -0.484 e. The smallest absolute Gasteiger partial charge is 0.262 e. The van der Waals surface area contributed by atoms with Gasteiger partial charge >= 0.3 is 0 Å². The molecule has 0 aliphatic carbocycles. The SMILES string of the molecule is Cc1ccc(NC(=O)COc2ccc(CNC[C@H]3CCCO3)cc2)cc1. The summed E-state index contributed by atoms with van der Waals surface area (Å²) >= 11 is 0. The highest BCUT2D eigenvalue weighted by Gasteiger charge is 2.14. The van der Waals surface area contributed by atoms with E-state index in [1.165, 1.54) is 5.56 Å². The van der Waals surface area contributed by atoms with Crippen molar-refractivity contribution in [2.24, 2.45) is 0 Å². The Hall–Kier alpha value is -2.37. The topological polar surface area (TPSA) is 59.6 Å². The molecule has 5 heteroatoms. The molecule has 5 nitrogen and oxygen atoms in total. The van der Waals surface area contributed by atoms with Crippen LogP contribution in [0.25, 0.3) is 0 Å². The molecular weight excluding hydrogens is 328 g/mol. The van der Waals surface area contributed by atoms with E-state index >= 15 is 0 Å². The first-order valence-electron chi connectivity index (χ1n) is 9.09. The Bertz CT molecular complexity index is 692. The van der Waals surface area contributed by atoms with Gasteiger partial charge in [-0.25, -0.2) is 0 Å². The molecule has 1 fully saturated rings. The lowest BCUT2D eigenvalue weighted by Crippen LogP contribution is -2.25. The highest BCUT2D eigenvalue weighted by Crippen LogP contribution is 2.14. The van der Waals surface area contributed by atoms with Crippen LogP contribution in [-0.2, 0) is 16.1 Å². The van der Waals surface area contributed by atoms with Gasteiger partial charge in [0.25, 0.3) is 5.91 Å². The molecule has 1 amide bonds. The molecule has 2 aromatic carbocycles. The van der Waals surface area contributed by atoms with Crippen LogP contribution >= 0.6 is 0 Å². The molecule has 1 atom stereocenters. The van der Waals surface area contributed by atoms with E-state index in [0.717, 1.165) is 43.8 Å². The summed E-state index contributed by atoms with van der Waals surface area (Å²) in [7, 11) is 0. The monoisotopic (exact) mass is 354 g/mol. The average Bonchev–Trinajstić information content (AvgIpc) is 3.16. The predicted molar refractivity (Wildman–Crippen MR) is 102 cm³/mol. The van der Waals surface area contributed by atoms with Crippen molar-refractivity contribution in [3.63, 3.8) is 0 Å². The third kappa shape index (κ3) is 5.86. The van der Waals surface area contributed by atoms with Crippen molar-refractivity contribution in [3.8, 4) is 5.75 Å². The van der Waals surface area contributed by atoms with E-state index in [1.54, 1.807) is 0 Å². The zero-order valence-corrected chi connectivity index (χ0v) is 15.2. The molecule has 0 bridgehead atoms. The number of anilines is 1. The minimum atomic E-state index is -0.170. The van der Waals surface area contributed by atoms with Gasteiger partial charge in [0.05, 0.1) is 6.10 Å². The number of nitrogens with one attached hydrogen (secondary N) is 2. The Balaban J connectivity index is 1.37. The highest BCUT2D eigenvalue weighted by molar-refractivity contribution is 5.91. The van der Waals surface area contributed by atoms with Gasteiger partial charge in [0.15, 0.2) is 6.61 Å². The van der Waals surface area contributed by atoms with E-state index < -0.39 is 0 Å². The van der Waals surface area contributed by atoms with Crippen LogP contribution < -0.4 is 15.4 Å². The molecule has 138 valence electrons. The van der Waals surface area contributed by atoms with E-state index in [-0.39, 0.29) is 12.5 Å². The highest BCUT2D eigenvalue weighted by atomic mass is 16.5. The summed E-state index contributed by atoms with van der Waals surface area (Å²) < 4.78 is 11.1. The van der Waals surface area contributed by atoms with Crippen LogP contribution in [0.4, 0.5) is 5.69 Å². The van der Waals surface area contributed by atoms with Gasteiger partial charge in [0, 0.05) is 25.4 Å². The van der Waals surface area contributed by atoms with Crippen LogP contribution in [0.3, 0.4) is 0 Å². The number of benzene rings is 2. The van der Waals surface area contributed by atoms with E-state index in [0.29, 0.717) is 11.9 Å². The molecule has 0 radical (unpaired) electrons. The number of hydrogen-bond donors (Lipinski definition) is 2. The van der Waals surface area contributed by atoms with E-state index in [9.17, 15) is 4.79 Å². The number of aryl methyl sites for hydroxylation is 1. The molecule has 26 heavy (non-hydrogen) atoms. The first-order chi connectivity index (χ1) is 12.7. The molecule has 0 saturated carbocycles. The van der Waals surface area contributed by atoms with Crippen molar-refractivity contribution in [3.05, 3.63) is 59.7 Å². The maximum atomic E-state index is 11.9. The number of carbonyl (C=O) groups excluding carboxylic acids is 1.